The van der Waals surface area contributed by atoms with E-state index in [0.717, 1.165) is 24.4 Å². The van der Waals surface area contributed by atoms with Gasteiger partial charge in [-0.2, -0.15) is 9.78 Å². The molecule has 7 rings (SSSR count). The lowest BCUT2D eigenvalue weighted by Crippen LogP contribution is -2.35. The Morgan fingerprint density at radius 2 is 1.89 bits per heavy atom. The molecule has 2 aromatic heterocycles. The van der Waals surface area contributed by atoms with Gasteiger partial charge in [-0.1, -0.05) is 53.6 Å². The van der Waals surface area contributed by atoms with Gasteiger partial charge in [0, 0.05) is 36.0 Å². The van der Waals surface area contributed by atoms with Crippen molar-refractivity contribution in [2.24, 2.45) is 0 Å². The highest BCUT2D eigenvalue weighted by Crippen LogP contribution is 2.52. The maximum Gasteiger partial charge on any atom is 0.282 e. The van der Waals surface area contributed by atoms with Crippen LogP contribution in [0.15, 0.2) is 65.6 Å². The largest absolute Gasteiger partial charge is 0.324 e. The van der Waals surface area contributed by atoms with Crippen LogP contribution < -0.4 is 10.9 Å². The van der Waals surface area contributed by atoms with Gasteiger partial charge in [-0.15, -0.1) is 0 Å². The molecule has 2 aliphatic carbocycles. The average molecular weight is 529 g/mol. The number of hydrogen-bond donors (Lipinski definition) is 1. The summed E-state index contributed by atoms with van der Waals surface area (Å²) in [5.41, 5.74) is 5.86. The van der Waals surface area contributed by atoms with Gasteiger partial charge in [0.2, 0.25) is 5.95 Å². The normalized spacial score (nSPS) is 17.4. The van der Waals surface area contributed by atoms with Crippen LogP contribution in [0.4, 0.5) is 11.6 Å². The molecular formula is C28H22Cl2N6O. The van der Waals surface area contributed by atoms with E-state index < -0.39 is 5.56 Å². The number of allylic oxidation sites excluding steroid dienone is 4. The van der Waals surface area contributed by atoms with Gasteiger partial charge in [0.05, 0.1) is 15.4 Å². The van der Waals surface area contributed by atoms with Gasteiger partial charge in [-0.05, 0) is 55.3 Å². The van der Waals surface area contributed by atoms with Gasteiger partial charge in [0.15, 0.2) is 0 Å². The average Bonchev–Trinajstić information content (AvgIpc) is 3.59. The van der Waals surface area contributed by atoms with E-state index >= 15 is 0 Å². The molecule has 3 heterocycles. The summed E-state index contributed by atoms with van der Waals surface area (Å²) >= 11 is 12.8. The van der Waals surface area contributed by atoms with Gasteiger partial charge < -0.3 is 10.2 Å². The lowest BCUT2D eigenvalue weighted by atomic mass is 9.87. The molecule has 0 unspecified atom stereocenters. The van der Waals surface area contributed by atoms with Crippen molar-refractivity contribution in [3.63, 3.8) is 0 Å². The van der Waals surface area contributed by atoms with E-state index in [0.29, 0.717) is 43.7 Å². The minimum absolute atomic E-state index is 0.329. The number of nitrogens with zero attached hydrogens (tertiary/aromatic N) is 5. The summed E-state index contributed by atoms with van der Waals surface area (Å²) in [6.07, 6.45) is 9.80. The number of fused-ring (bicyclic) bond motifs is 3. The van der Waals surface area contributed by atoms with Crippen LogP contribution in [0.5, 0.6) is 0 Å². The van der Waals surface area contributed by atoms with E-state index in [1.165, 1.54) is 34.8 Å². The molecule has 1 N–H and O–H groups in total. The zero-order chi connectivity index (χ0) is 25.3. The minimum Gasteiger partial charge on any atom is -0.324 e. The monoisotopic (exact) mass is 528 g/mol. The number of nitrogens with one attached hydrogen (secondary N) is 1. The Morgan fingerprint density at radius 3 is 2.59 bits per heavy atom. The fourth-order valence-electron chi connectivity index (χ4n) is 5.45. The van der Waals surface area contributed by atoms with Crippen molar-refractivity contribution >= 4 is 51.3 Å². The second-order valence-corrected chi connectivity index (χ2v) is 10.8. The summed E-state index contributed by atoms with van der Waals surface area (Å²) in [6, 6.07) is 11.6. The molecule has 0 atom stereocenters. The second-order valence-electron chi connectivity index (χ2n) is 10.0. The molecule has 2 aromatic carbocycles. The molecule has 9 heteroatoms. The summed E-state index contributed by atoms with van der Waals surface area (Å²) < 4.78 is 1.24. The third-order valence-electron chi connectivity index (χ3n) is 7.41. The topological polar surface area (TPSA) is 75.9 Å². The van der Waals surface area contributed by atoms with Crippen LogP contribution in [0.3, 0.4) is 0 Å². The number of aromatic nitrogens is 4. The summed E-state index contributed by atoms with van der Waals surface area (Å²) in [7, 11) is 2.18. The quantitative estimate of drug-likeness (QED) is 0.368. The van der Waals surface area contributed by atoms with E-state index in [2.05, 4.69) is 45.5 Å². The Morgan fingerprint density at radius 1 is 1.11 bits per heavy atom. The molecule has 4 aromatic rings. The molecule has 184 valence electrons. The molecule has 0 radical (unpaired) electrons. The van der Waals surface area contributed by atoms with Gasteiger partial charge in [-0.3, -0.25) is 4.79 Å². The van der Waals surface area contributed by atoms with Crippen LogP contribution in [0.2, 0.25) is 10.0 Å². The standard InChI is InChI=1S/C28H22Cl2N6O/c1-35-14-17-12-18(8-9-20(17)28(15-35)10-11-28)32-27-31-13-19-24(33-27)23(16-4-2-5-16)34-36(26(19)37)25-21(29)6-3-7-22(25)30/h2-9,12-13H,10-11,14-15H2,1H3,(H,31,32,33). The number of likely N-dealkylation sites (N-methyl/N-ethyl adjacent to an activating group) is 1. The zero-order valence-corrected chi connectivity index (χ0v) is 21.5. The van der Waals surface area contributed by atoms with Crippen molar-refractivity contribution in [2.45, 2.75) is 24.8 Å². The molecule has 0 bridgehead atoms. The SMILES string of the molecule is CN1Cc2cc(Nc3ncc4c(=O)n(-c5c(Cl)cccc5Cl)nc(C5=CC=C5)c4n3)ccc2C2(CC2)C1. The van der Waals surface area contributed by atoms with E-state index in [1.807, 2.05) is 18.2 Å². The molecule has 0 saturated heterocycles. The Kier molecular flexibility index (Phi) is 5.05. The summed E-state index contributed by atoms with van der Waals surface area (Å²) in [5.74, 6) is 0.401. The van der Waals surface area contributed by atoms with Crippen molar-refractivity contribution < 1.29 is 0 Å². The summed E-state index contributed by atoms with van der Waals surface area (Å²) in [4.78, 5) is 25.1. The minimum atomic E-state index is -0.393. The van der Waals surface area contributed by atoms with Crippen LogP contribution in [0, 0.1) is 0 Å². The first kappa shape index (κ1) is 22.7. The lowest BCUT2D eigenvalue weighted by Gasteiger charge is -2.32. The van der Waals surface area contributed by atoms with Crippen molar-refractivity contribution in [1.82, 2.24) is 24.6 Å². The van der Waals surface area contributed by atoms with Crippen LogP contribution in [-0.2, 0) is 12.0 Å². The lowest BCUT2D eigenvalue weighted by molar-refractivity contribution is 0.271. The number of para-hydroxylation sites is 1. The van der Waals surface area contributed by atoms with Crippen molar-refractivity contribution in [3.8, 4) is 5.69 Å². The van der Waals surface area contributed by atoms with E-state index in [-0.39, 0.29) is 0 Å². The molecule has 1 saturated carbocycles. The number of benzene rings is 2. The number of hydrogen-bond acceptors (Lipinski definition) is 6. The molecule has 1 aliphatic heterocycles. The van der Waals surface area contributed by atoms with Crippen LogP contribution in [0.25, 0.3) is 22.2 Å². The summed E-state index contributed by atoms with van der Waals surface area (Å²) in [5, 5.41) is 8.97. The molecule has 1 fully saturated rings. The van der Waals surface area contributed by atoms with Gasteiger partial charge >= 0.3 is 0 Å². The van der Waals surface area contributed by atoms with Crippen molar-refractivity contribution in [3.05, 3.63) is 98.0 Å². The fraction of sp³-hybridized carbons (Fsp3) is 0.214. The van der Waals surface area contributed by atoms with Crippen molar-refractivity contribution in [1.29, 1.82) is 0 Å². The van der Waals surface area contributed by atoms with Gasteiger partial charge in [-0.25, -0.2) is 9.97 Å². The van der Waals surface area contributed by atoms with Crippen LogP contribution in [-0.4, -0.2) is 38.2 Å². The predicted molar refractivity (Wildman–Crippen MR) is 147 cm³/mol. The first-order valence-electron chi connectivity index (χ1n) is 12.1. The van der Waals surface area contributed by atoms with Crippen molar-refractivity contribution in [2.75, 3.05) is 18.9 Å². The molecule has 7 nitrogen and oxygen atoms in total. The highest BCUT2D eigenvalue weighted by Gasteiger charge is 2.48. The Bertz CT molecular complexity index is 1720. The van der Waals surface area contributed by atoms with Crippen LogP contribution in [0.1, 0.15) is 29.7 Å². The fourth-order valence-corrected chi connectivity index (χ4v) is 6.01. The number of anilines is 2. The Hall–Kier alpha value is -3.52. The van der Waals surface area contributed by atoms with E-state index in [9.17, 15) is 4.79 Å². The maximum atomic E-state index is 13.5. The highest BCUT2D eigenvalue weighted by atomic mass is 35.5. The maximum absolute atomic E-state index is 13.5. The Labute approximate surface area is 223 Å². The predicted octanol–water partition coefficient (Wildman–Crippen LogP) is 5.66. The first-order chi connectivity index (χ1) is 17.9. The van der Waals surface area contributed by atoms with E-state index in [4.69, 9.17) is 28.2 Å². The molecule has 37 heavy (non-hydrogen) atoms. The third-order valence-corrected chi connectivity index (χ3v) is 8.02. The highest BCUT2D eigenvalue weighted by molar-refractivity contribution is 6.37. The second kappa shape index (κ2) is 8.25. The van der Waals surface area contributed by atoms with Crippen LogP contribution >= 0.6 is 23.2 Å². The van der Waals surface area contributed by atoms with Gasteiger partial charge in [0.1, 0.15) is 16.9 Å². The number of halogens is 2. The smallest absolute Gasteiger partial charge is 0.282 e. The molecule has 3 aliphatic rings. The zero-order valence-electron chi connectivity index (χ0n) is 20.0. The first-order valence-corrected chi connectivity index (χ1v) is 12.9. The Balaban J connectivity index is 1.32. The van der Waals surface area contributed by atoms with Gasteiger partial charge in [0.25, 0.3) is 5.56 Å². The number of rotatable bonds is 4. The molecule has 0 amide bonds. The summed E-state index contributed by atoms with van der Waals surface area (Å²) in [6.45, 7) is 2.04. The molecular weight excluding hydrogens is 507 g/mol. The van der Waals surface area contributed by atoms with E-state index in [1.54, 1.807) is 18.2 Å². The molecule has 1 spiro atoms. The third kappa shape index (κ3) is 3.69.